The number of carbonyl (C=O) groups excluding carboxylic acids is 1. The van der Waals surface area contributed by atoms with Gasteiger partial charge in [0.15, 0.2) is 0 Å². The highest BCUT2D eigenvalue weighted by Crippen LogP contribution is 2.27. The summed E-state index contributed by atoms with van der Waals surface area (Å²) in [5, 5.41) is 9.79. The minimum atomic E-state index is -0.0988. The van der Waals surface area contributed by atoms with Gasteiger partial charge in [-0.2, -0.15) is 0 Å². The van der Waals surface area contributed by atoms with Crippen LogP contribution in [0.1, 0.15) is 47.8 Å². The Morgan fingerprint density at radius 2 is 1.92 bits per heavy atom. The van der Waals surface area contributed by atoms with Crippen LogP contribution in [0.2, 0.25) is 0 Å². The number of allylic oxidation sites excluding steroid dienone is 3. The van der Waals surface area contributed by atoms with E-state index in [0.717, 1.165) is 56.1 Å². The lowest BCUT2D eigenvalue weighted by Crippen LogP contribution is -2.43. The Morgan fingerprint density at radius 3 is 2.66 bits per heavy atom. The van der Waals surface area contributed by atoms with E-state index in [1.54, 1.807) is 6.20 Å². The summed E-state index contributed by atoms with van der Waals surface area (Å²) in [5.74, 6) is 0.800. The number of amides is 1. The molecule has 1 aromatic heterocycles. The van der Waals surface area contributed by atoms with Crippen molar-refractivity contribution >= 4 is 11.9 Å². The molecule has 0 radical (unpaired) electrons. The van der Waals surface area contributed by atoms with Gasteiger partial charge in [-0.15, -0.1) is 0 Å². The first kappa shape index (κ1) is 25.9. The standard InChI is InChI=1S/C30H37N7O/c1-21-17-22(2)28(35-30-32-12-10-26(34-30)25-5-4-11-31-19-25)18-27(21)33-29(38)24-8-6-23(7-9-24)20-37-15-13-36(3)14-16-37/h4-12,18-19,21,26H,13-17,20H2,1-3H3,(H,33,38)(H2,32,34,35). The second-order valence-corrected chi connectivity index (χ2v) is 10.5. The largest absolute Gasteiger partial charge is 0.333 e. The van der Waals surface area contributed by atoms with Crippen LogP contribution in [0.25, 0.3) is 0 Å². The molecular formula is C30H37N7O. The molecule has 1 fully saturated rings. The highest BCUT2D eigenvalue weighted by Gasteiger charge is 2.22. The van der Waals surface area contributed by atoms with Gasteiger partial charge in [-0.05, 0) is 67.4 Å². The molecule has 0 spiro atoms. The Balaban J connectivity index is 1.22. The lowest BCUT2D eigenvalue weighted by atomic mass is 9.91. The predicted molar refractivity (Wildman–Crippen MR) is 151 cm³/mol. The molecule has 0 bridgehead atoms. The maximum atomic E-state index is 13.1. The first-order valence-electron chi connectivity index (χ1n) is 13.3. The maximum Gasteiger partial charge on any atom is 0.255 e. The second kappa shape index (κ2) is 11.8. The zero-order chi connectivity index (χ0) is 26.5. The van der Waals surface area contributed by atoms with Crippen LogP contribution in [0.5, 0.6) is 0 Å². The highest BCUT2D eigenvalue weighted by atomic mass is 16.1. The van der Waals surface area contributed by atoms with Crippen molar-refractivity contribution in [1.29, 1.82) is 0 Å². The van der Waals surface area contributed by atoms with E-state index in [0.29, 0.717) is 11.5 Å². The molecule has 3 aliphatic rings. The third-order valence-corrected chi connectivity index (χ3v) is 7.42. The number of hydrogen-bond donors (Lipinski definition) is 3. The van der Waals surface area contributed by atoms with Crippen molar-refractivity contribution in [2.45, 2.75) is 32.9 Å². The van der Waals surface area contributed by atoms with Gasteiger partial charge in [0.1, 0.15) is 6.04 Å². The fourth-order valence-electron chi connectivity index (χ4n) is 5.00. The fraction of sp³-hybridized carbons (Fsp3) is 0.367. The zero-order valence-corrected chi connectivity index (χ0v) is 22.4. The number of guanidine groups is 1. The molecule has 198 valence electrons. The van der Waals surface area contributed by atoms with Crippen molar-refractivity contribution in [2.75, 3.05) is 33.2 Å². The molecule has 1 amide bonds. The molecule has 1 aliphatic carbocycles. The lowest BCUT2D eigenvalue weighted by molar-refractivity contribution is 0.0961. The first-order chi connectivity index (χ1) is 18.4. The van der Waals surface area contributed by atoms with Gasteiger partial charge in [-0.25, -0.2) is 4.99 Å². The third kappa shape index (κ3) is 6.38. The molecule has 2 unspecified atom stereocenters. The quantitative estimate of drug-likeness (QED) is 0.550. The second-order valence-electron chi connectivity index (χ2n) is 10.5. The van der Waals surface area contributed by atoms with Crippen molar-refractivity contribution in [3.63, 3.8) is 0 Å². The number of rotatable bonds is 6. The van der Waals surface area contributed by atoms with Gasteiger partial charge in [0.2, 0.25) is 5.96 Å². The van der Waals surface area contributed by atoms with Crippen LogP contribution >= 0.6 is 0 Å². The molecule has 2 atom stereocenters. The van der Waals surface area contributed by atoms with Crippen molar-refractivity contribution in [2.24, 2.45) is 10.9 Å². The van der Waals surface area contributed by atoms with Gasteiger partial charge in [0, 0.05) is 74.2 Å². The van der Waals surface area contributed by atoms with Crippen LogP contribution < -0.4 is 16.0 Å². The summed E-state index contributed by atoms with van der Waals surface area (Å²) in [6, 6.07) is 11.8. The van der Waals surface area contributed by atoms with Gasteiger partial charge in [-0.1, -0.05) is 25.1 Å². The van der Waals surface area contributed by atoms with E-state index in [2.05, 4.69) is 63.8 Å². The number of hydrogen-bond acceptors (Lipinski definition) is 7. The Labute approximate surface area is 225 Å². The Bertz CT molecular complexity index is 1260. The van der Waals surface area contributed by atoms with Gasteiger partial charge in [-0.3, -0.25) is 14.7 Å². The van der Waals surface area contributed by atoms with E-state index in [4.69, 9.17) is 4.99 Å². The summed E-state index contributed by atoms with van der Waals surface area (Å²) in [4.78, 5) is 27.0. The Morgan fingerprint density at radius 1 is 1.13 bits per heavy atom. The topological polar surface area (TPSA) is 84.9 Å². The monoisotopic (exact) mass is 511 g/mol. The number of nitrogens with one attached hydrogen (secondary N) is 3. The average molecular weight is 512 g/mol. The molecule has 2 aromatic rings. The minimum absolute atomic E-state index is 0.0825. The number of nitrogens with zero attached hydrogens (tertiary/aromatic N) is 4. The summed E-state index contributed by atoms with van der Waals surface area (Å²) in [5.41, 5.74) is 6.02. The average Bonchev–Trinajstić information content (AvgIpc) is 2.93. The Kier molecular flexibility index (Phi) is 8.00. The molecule has 5 rings (SSSR count). The van der Waals surface area contributed by atoms with E-state index in [1.807, 2.05) is 48.8 Å². The zero-order valence-electron chi connectivity index (χ0n) is 22.4. The minimum Gasteiger partial charge on any atom is -0.333 e. The number of carbonyl (C=O) groups is 1. The van der Waals surface area contributed by atoms with E-state index in [9.17, 15) is 4.79 Å². The lowest BCUT2D eigenvalue weighted by Gasteiger charge is -2.32. The van der Waals surface area contributed by atoms with Crippen molar-refractivity contribution < 1.29 is 4.79 Å². The van der Waals surface area contributed by atoms with Crippen LogP contribution in [-0.4, -0.2) is 59.9 Å². The molecule has 0 saturated carbocycles. The summed E-state index contributed by atoms with van der Waals surface area (Å²) in [7, 11) is 2.17. The van der Waals surface area contributed by atoms with Crippen molar-refractivity contribution in [1.82, 2.24) is 30.7 Å². The van der Waals surface area contributed by atoms with Crippen LogP contribution in [0.15, 0.2) is 89.1 Å². The summed E-state index contributed by atoms with van der Waals surface area (Å²) in [6.45, 7) is 9.54. The SMILES string of the molecule is CC1=C(NC2=NC(c3cccnc3)C=CN2)C=C(NC(=O)c2ccc(CN3CCN(C)CC3)cc2)C(C)C1. The van der Waals surface area contributed by atoms with E-state index in [1.165, 1.54) is 11.1 Å². The summed E-state index contributed by atoms with van der Waals surface area (Å²) < 4.78 is 0. The fourth-order valence-corrected chi connectivity index (χ4v) is 5.00. The number of likely N-dealkylation sites (N-methyl/N-ethyl adjacent to an activating group) is 1. The van der Waals surface area contributed by atoms with Crippen LogP contribution in [0.4, 0.5) is 0 Å². The molecule has 1 saturated heterocycles. The maximum absolute atomic E-state index is 13.1. The number of benzene rings is 1. The van der Waals surface area contributed by atoms with Gasteiger partial charge < -0.3 is 20.9 Å². The molecule has 38 heavy (non-hydrogen) atoms. The Hall–Kier alpha value is -3.75. The smallest absolute Gasteiger partial charge is 0.255 e. The van der Waals surface area contributed by atoms with E-state index < -0.39 is 0 Å². The highest BCUT2D eigenvalue weighted by molar-refractivity contribution is 5.95. The third-order valence-electron chi connectivity index (χ3n) is 7.42. The normalized spacial score (nSPS) is 22.4. The molecular weight excluding hydrogens is 474 g/mol. The number of aromatic nitrogens is 1. The van der Waals surface area contributed by atoms with Crippen LogP contribution in [0.3, 0.4) is 0 Å². The first-order valence-corrected chi connectivity index (χ1v) is 13.3. The molecule has 3 heterocycles. The molecule has 8 heteroatoms. The number of pyridine rings is 1. The molecule has 8 nitrogen and oxygen atoms in total. The van der Waals surface area contributed by atoms with Gasteiger partial charge in [0.25, 0.3) is 5.91 Å². The van der Waals surface area contributed by atoms with E-state index >= 15 is 0 Å². The van der Waals surface area contributed by atoms with Gasteiger partial charge >= 0.3 is 0 Å². The molecule has 2 aliphatic heterocycles. The van der Waals surface area contributed by atoms with Crippen molar-refractivity contribution in [3.8, 4) is 0 Å². The van der Waals surface area contributed by atoms with Crippen LogP contribution in [0, 0.1) is 5.92 Å². The van der Waals surface area contributed by atoms with Crippen LogP contribution in [-0.2, 0) is 6.54 Å². The molecule has 1 aromatic carbocycles. The van der Waals surface area contributed by atoms with Crippen molar-refractivity contribution in [3.05, 3.63) is 101 Å². The molecule has 3 N–H and O–H groups in total. The predicted octanol–water partition coefficient (Wildman–Crippen LogP) is 3.56. The van der Waals surface area contributed by atoms with E-state index in [-0.39, 0.29) is 17.9 Å². The summed E-state index contributed by atoms with van der Waals surface area (Å²) in [6.07, 6.45) is 10.4. The number of aliphatic imine (C=N–C) groups is 1. The van der Waals surface area contributed by atoms with Gasteiger partial charge in [0.05, 0.1) is 0 Å². The number of piperazine rings is 1. The summed E-state index contributed by atoms with van der Waals surface area (Å²) >= 11 is 0.